The largest absolute Gasteiger partial charge is 0.451 e. The molecule has 1 aliphatic heterocycles. The lowest BCUT2D eigenvalue weighted by atomic mass is 10.3. The molecule has 56 valence electrons. The Kier molecular flexibility index (Phi) is 1.35. The summed E-state index contributed by atoms with van der Waals surface area (Å²) in [6.45, 7) is 1.25. The van der Waals surface area contributed by atoms with Crippen molar-refractivity contribution in [1.29, 1.82) is 0 Å². The van der Waals surface area contributed by atoms with Gasteiger partial charge >= 0.3 is 5.97 Å². The molecule has 0 unspecified atom stereocenters. The van der Waals surface area contributed by atoms with Gasteiger partial charge in [-0.25, -0.2) is 4.79 Å². The molecule has 3 nitrogen and oxygen atoms in total. The molecule has 1 aliphatic rings. The number of aromatic nitrogens is 1. The molecule has 11 heavy (non-hydrogen) atoms. The third kappa shape index (κ3) is 0.981. The van der Waals surface area contributed by atoms with Crippen LogP contribution in [0.2, 0.25) is 0 Å². The van der Waals surface area contributed by atoms with Crippen LogP contribution < -0.4 is 4.57 Å². The highest BCUT2D eigenvalue weighted by atomic mass is 16.5. The third-order valence-corrected chi connectivity index (χ3v) is 1.72. The number of rotatable bonds is 0. The molecule has 0 aromatic carbocycles. The van der Waals surface area contributed by atoms with Gasteiger partial charge in [0.15, 0.2) is 19.3 Å². The van der Waals surface area contributed by atoms with Crippen LogP contribution in [0.5, 0.6) is 0 Å². The van der Waals surface area contributed by atoms with Crippen molar-refractivity contribution in [2.24, 2.45) is 0 Å². The maximum atomic E-state index is 11.0. The highest BCUT2D eigenvalue weighted by Gasteiger charge is 2.24. The summed E-state index contributed by atoms with van der Waals surface area (Å²) in [6.07, 6.45) is 1.88. The predicted octanol–water partition coefficient (Wildman–Crippen LogP) is 0.144. The molecule has 0 atom stereocenters. The van der Waals surface area contributed by atoms with Crippen LogP contribution in [0.25, 0.3) is 0 Å². The summed E-state index contributed by atoms with van der Waals surface area (Å²) in [5.74, 6) is -0.225. The molecule has 0 radical (unpaired) electrons. The van der Waals surface area contributed by atoms with E-state index in [0.717, 1.165) is 6.54 Å². The van der Waals surface area contributed by atoms with E-state index in [1.54, 1.807) is 6.07 Å². The predicted molar refractivity (Wildman–Crippen MR) is 36.9 cm³/mol. The summed E-state index contributed by atoms with van der Waals surface area (Å²) in [4.78, 5) is 11.0. The fraction of sp³-hybridized carbons (Fsp3) is 0.250. The van der Waals surface area contributed by atoms with Crippen molar-refractivity contribution in [3.63, 3.8) is 0 Å². The van der Waals surface area contributed by atoms with Crippen LogP contribution in [0.4, 0.5) is 0 Å². The average Bonchev–Trinajstić information content (AvgIpc) is 2.06. The summed E-state index contributed by atoms with van der Waals surface area (Å²) in [5.41, 5.74) is 0.638. The maximum Gasteiger partial charge on any atom is 0.403 e. The summed E-state index contributed by atoms with van der Waals surface area (Å²) < 4.78 is 6.74. The number of cyclic esters (lactones) is 1. The molecule has 2 heterocycles. The van der Waals surface area contributed by atoms with Gasteiger partial charge in [0.1, 0.15) is 0 Å². The zero-order valence-corrected chi connectivity index (χ0v) is 5.99. The first-order valence-electron chi connectivity index (χ1n) is 3.53. The van der Waals surface area contributed by atoms with Crippen LogP contribution in [0.3, 0.4) is 0 Å². The van der Waals surface area contributed by atoms with Gasteiger partial charge in [0.05, 0.1) is 0 Å². The smallest absolute Gasteiger partial charge is 0.403 e. The van der Waals surface area contributed by atoms with Crippen molar-refractivity contribution in [3.05, 3.63) is 30.1 Å². The molecule has 3 heteroatoms. The van der Waals surface area contributed by atoms with Gasteiger partial charge < -0.3 is 4.74 Å². The molecule has 0 aliphatic carbocycles. The zero-order valence-electron chi connectivity index (χ0n) is 5.99. The van der Waals surface area contributed by atoms with Gasteiger partial charge in [0, 0.05) is 12.1 Å². The van der Waals surface area contributed by atoms with Gasteiger partial charge in [-0.1, -0.05) is 0 Å². The molecule has 0 saturated carbocycles. The van der Waals surface area contributed by atoms with Crippen LogP contribution in [-0.2, 0) is 11.3 Å². The van der Waals surface area contributed by atoms with Crippen LogP contribution in [-0.4, -0.2) is 12.6 Å². The van der Waals surface area contributed by atoms with E-state index in [1.807, 2.05) is 22.9 Å². The second kappa shape index (κ2) is 2.34. The van der Waals surface area contributed by atoms with E-state index in [4.69, 9.17) is 4.74 Å². The number of hydrogen-bond acceptors (Lipinski definition) is 2. The quantitative estimate of drug-likeness (QED) is 0.389. The Bertz CT molecular complexity index is 296. The Balaban J connectivity index is 2.52. The van der Waals surface area contributed by atoms with Crippen LogP contribution in [0.1, 0.15) is 10.5 Å². The fourth-order valence-electron chi connectivity index (χ4n) is 1.17. The molecule has 0 amide bonds. The topological polar surface area (TPSA) is 30.2 Å². The van der Waals surface area contributed by atoms with Crippen molar-refractivity contribution in [1.82, 2.24) is 0 Å². The molecule has 2 rings (SSSR count). The lowest BCUT2D eigenvalue weighted by Gasteiger charge is -2.08. The molecular weight excluding hydrogens is 142 g/mol. The lowest BCUT2D eigenvalue weighted by Crippen LogP contribution is -2.46. The number of carbonyl (C=O) groups is 1. The number of hydrogen-bond donors (Lipinski definition) is 0. The standard InChI is InChI=1S/C8H8NO2/c10-8-7-3-1-2-4-9(7)5-6-11-8/h1-4H,5-6H2/q+1. The minimum absolute atomic E-state index is 0.225. The Morgan fingerprint density at radius 2 is 2.36 bits per heavy atom. The van der Waals surface area contributed by atoms with Crippen molar-refractivity contribution in [3.8, 4) is 0 Å². The van der Waals surface area contributed by atoms with Crippen LogP contribution in [0, 0.1) is 0 Å². The summed E-state index contributed by atoms with van der Waals surface area (Å²) >= 11 is 0. The lowest BCUT2D eigenvalue weighted by molar-refractivity contribution is -0.705. The first-order chi connectivity index (χ1) is 5.38. The van der Waals surface area contributed by atoms with E-state index in [1.165, 1.54) is 0 Å². The number of ether oxygens (including phenoxy) is 1. The van der Waals surface area contributed by atoms with Gasteiger partial charge in [-0.15, -0.1) is 0 Å². The Labute approximate surface area is 64.2 Å². The average molecular weight is 150 g/mol. The normalized spacial score (nSPS) is 15.5. The van der Waals surface area contributed by atoms with Gasteiger partial charge in [-0.2, -0.15) is 4.57 Å². The minimum atomic E-state index is -0.225. The van der Waals surface area contributed by atoms with E-state index < -0.39 is 0 Å². The van der Waals surface area contributed by atoms with Crippen molar-refractivity contribution in [2.45, 2.75) is 6.54 Å². The Morgan fingerprint density at radius 1 is 1.45 bits per heavy atom. The molecule has 0 spiro atoms. The molecular formula is C8H8NO2+. The highest BCUT2D eigenvalue weighted by Crippen LogP contribution is 1.99. The van der Waals surface area contributed by atoms with Crippen molar-refractivity contribution < 1.29 is 14.1 Å². The second-order valence-corrected chi connectivity index (χ2v) is 2.42. The third-order valence-electron chi connectivity index (χ3n) is 1.72. The maximum absolute atomic E-state index is 11.0. The summed E-state index contributed by atoms with van der Waals surface area (Å²) in [6, 6.07) is 5.50. The van der Waals surface area contributed by atoms with E-state index in [9.17, 15) is 4.79 Å². The van der Waals surface area contributed by atoms with E-state index in [2.05, 4.69) is 0 Å². The Morgan fingerprint density at radius 3 is 3.18 bits per heavy atom. The molecule has 1 aromatic rings. The summed E-state index contributed by atoms with van der Waals surface area (Å²) in [5, 5.41) is 0. The van der Waals surface area contributed by atoms with Gasteiger partial charge in [0.25, 0.3) is 5.69 Å². The first kappa shape index (κ1) is 6.34. The zero-order chi connectivity index (χ0) is 7.68. The number of carbonyl (C=O) groups excluding carboxylic acids is 1. The molecule has 0 bridgehead atoms. The molecule has 0 fully saturated rings. The second-order valence-electron chi connectivity index (χ2n) is 2.42. The fourth-order valence-corrected chi connectivity index (χ4v) is 1.17. The summed E-state index contributed by atoms with van der Waals surface area (Å²) in [7, 11) is 0. The van der Waals surface area contributed by atoms with E-state index in [-0.39, 0.29) is 5.97 Å². The highest BCUT2D eigenvalue weighted by molar-refractivity contribution is 5.85. The number of nitrogens with zero attached hydrogens (tertiary/aromatic N) is 1. The van der Waals surface area contributed by atoms with Gasteiger partial charge in [0.2, 0.25) is 0 Å². The monoisotopic (exact) mass is 150 g/mol. The Hall–Kier alpha value is -1.38. The van der Waals surface area contributed by atoms with Crippen LogP contribution >= 0.6 is 0 Å². The van der Waals surface area contributed by atoms with E-state index >= 15 is 0 Å². The van der Waals surface area contributed by atoms with Crippen molar-refractivity contribution in [2.75, 3.05) is 6.61 Å². The number of pyridine rings is 1. The first-order valence-corrected chi connectivity index (χ1v) is 3.53. The number of esters is 1. The molecule has 0 N–H and O–H groups in total. The van der Waals surface area contributed by atoms with E-state index in [0.29, 0.717) is 12.3 Å². The number of fused-ring (bicyclic) bond motifs is 1. The van der Waals surface area contributed by atoms with Crippen molar-refractivity contribution >= 4 is 5.97 Å². The molecule has 1 aromatic heterocycles. The minimum Gasteiger partial charge on any atom is -0.451 e. The SMILES string of the molecule is O=C1OCC[n+]2ccccc21. The van der Waals surface area contributed by atoms with Crippen LogP contribution in [0.15, 0.2) is 24.4 Å². The van der Waals surface area contributed by atoms with Gasteiger partial charge in [-0.05, 0) is 6.07 Å². The van der Waals surface area contributed by atoms with Gasteiger partial charge in [-0.3, -0.25) is 0 Å². The molecule has 0 saturated heterocycles.